The molecular formula is C11H17N3. The van der Waals surface area contributed by atoms with Gasteiger partial charge in [-0.1, -0.05) is 13.3 Å². The van der Waals surface area contributed by atoms with Crippen molar-refractivity contribution in [2.24, 2.45) is 0 Å². The molecule has 76 valence electrons. The van der Waals surface area contributed by atoms with Gasteiger partial charge in [0, 0.05) is 5.69 Å². The second-order valence-corrected chi connectivity index (χ2v) is 4.14. The van der Waals surface area contributed by atoms with Crippen LogP contribution in [-0.4, -0.2) is 9.97 Å². The van der Waals surface area contributed by atoms with Crippen molar-refractivity contribution in [3.8, 4) is 6.07 Å². The van der Waals surface area contributed by atoms with Gasteiger partial charge in [0.25, 0.3) is 0 Å². The lowest BCUT2D eigenvalue weighted by molar-refractivity contribution is 0.636. The van der Waals surface area contributed by atoms with Gasteiger partial charge < -0.3 is 4.98 Å². The van der Waals surface area contributed by atoms with Gasteiger partial charge in [-0.2, -0.15) is 5.26 Å². The summed E-state index contributed by atoms with van der Waals surface area (Å²) in [7, 11) is 0. The van der Waals surface area contributed by atoms with E-state index < -0.39 is 5.41 Å². The molecule has 3 nitrogen and oxygen atoms in total. The Balaban J connectivity index is 3.03. The first kappa shape index (κ1) is 10.8. The number of rotatable bonds is 3. The summed E-state index contributed by atoms with van der Waals surface area (Å²) in [6.07, 6.45) is 2.06. The van der Waals surface area contributed by atoms with Crippen LogP contribution >= 0.6 is 0 Å². The summed E-state index contributed by atoms with van der Waals surface area (Å²) in [6.45, 7) is 7.89. The molecule has 0 fully saturated rings. The topological polar surface area (TPSA) is 52.5 Å². The van der Waals surface area contributed by atoms with Crippen molar-refractivity contribution < 1.29 is 0 Å². The van der Waals surface area contributed by atoms with Crippen molar-refractivity contribution in [1.82, 2.24) is 9.97 Å². The van der Waals surface area contributed by atoms with Crippen molar-refractivity contribution in [3.63, 3.8) is 0 Å². The van der Waals surface area contributed by atoms with Crippen LogP contribution in [0.1, 0.15) is 44.4 Å². The van der Waals surface area contributed by atoms with E-state index in [4.69, 9.17) is 5.26 Å². The number of imidazole rings is 1. The summed E-state index contributed by atoms with van der Waals surface area (Å²) in [5.41, 5.74) is 1.66. The van der Waals surface area contributed by atoms with Crippen LogP contribution in [0.2, 0.25) is 0 Å². The molecule has 1 N–H and O–H groups in total. The van der Waals surface area contributed by atoms with E-state index in [0.717, 1.165) is 30.1 Å². The van der Waals surface area contributed by atoms with Crippen molar-refractivity contribution in [2.45, 2.75) is 46.0 Å². The Kier molecular flexibility index (Phi) is 2.95. The van der Waals surface area contributed by atoms with Gasteiger partial charge in [-0.3, -0.25) is 0 Å². The Hall–Kier alpha value is -1.30. The van der Waals surface area contributed by atoms with Gasteiger partial charge in [0.1, 0.15) is 11.2 Å². The quantitative estimate of drug-likeness (QED) is 0.798. The number of nitrogens with one attached hydrogen (secondary N) is 1. The molecule has 0 aliphatic heterocycles. The van der Waals surface area contributed by atoms with Crippen molar-refractivity contribution in [3.05, 3.63) is 17.2 Å². The fourth-order valence-corrected chi connectivity index (χ4v) is 1.33. The standard InChI is InChI=1S/C11H17N3/c1-5-6-9-8(2)13-10(14-9)11(3,4)7-12/h5-6H2,1-4H3,(H,13,14). The average Bonchev–Trinajstić information content (AvgIpc) is 2.49. The maximum atomic E-state index is 8.97. The van der Waals surface area contributed by atoms with Crippen molar-refractivity contribution >= 4 is 0 Å². The maximum absolute atomic E-state index is 8.97. The molecule has 0 atom stereocenters. The summed E-state index contributed by atoms with van der Waals surface area (Å²) in [4.78, 5) is 7.65. The second kappa shape index (κ2) is 3.83. The minimum absolute atomic E-state index is 0.517. The molecule has 0 saturated heterocycles. The van der Waals surface area contributed by atoms with Gasteiger partial charge in [0.05, 0.1) is 11.8 Å². The number of aromatic nitrogens is 2. The Labute approximate surface area is 85.2 Å². The molecule has 3 heteroatoms. The van der Waals surface area contributed by atoms with Gasteiger partial charge >= 0.3 is 0 Å². The zero-order chi connectivity index (χ0) is 10.8. The van der Waals surface area contributed by atoms with E-state index >= 15 is 0 Å². The molecule has 1 aromatic rings. The summed E-state index contributed by atoms with van der Waals surface area (Å²) >= 11 is 0. The highest BCUT2D eigenvalue weighted by molar-refractivity contribution is 5.23. The van der Waals surface area contributed by atoms with Crippen molar-refractivity contribution in [1.29, 1.82) is 5.26 Å². The van der Waals surface area contributed by atoms with Gasteiger partial charge in [-0.05, 0) is 27.2 Å². The molecule has 0 aliphatic carbocycles. The van der Waals surface area contributed by atoms with Gasteiger partial charge in [0.2, 0.25) is 0 Å². The van der Waals surface area contributed by atoms with Crippen LogP contribution in [0.5, 0.6) is 0 Å². The summed E-state index contributed by atoms with van der Waals surface area (Å²) in [5, 5.41) is 8.97. The zero-order valence-corrected chi connectivity index (χ0v) is 9.31. The molecule has 0 saturated carbocycles. The van der Waals surface area contributed by atoms with Crippen LogP contribution in [0.3, 0.4) is 0 Å². The average molecular weight is 191 g/mol. The lowest BCUT2D eigenvalue weighted by Crippen LogP contribution is -2.16. The third kappa shape index (κ3) is 1.95. The smallest absolute Gasteiger partial charge is 0.126 e. The lowest BCUT2D eigenvalue weighted by atomic mass is 9.95. The van der Waals surface area contributed by atoms with Crippen LogP contribution in [0, 0.1) is 18.3 Å². The molecule has 1 rings (SSSR count). The third-order valence-electron chi connectivity index (χ3n) is 2.34. The van der Waals surface area contributed by atoms with E-state index in [9.17, 15) is 0 Å². The van der Waals surface area contributed by atoms with Crippen LogP contribution in [0.15, 0.2) is 0 Å². The molecule has 0 aromatic carbocycles. The number of aryl methyl sites for hydroxylation is 2. The zero-order valence-electron chi connectivity index (χ0n) is 9.31. The number of aromatic amines is 1. The minimum Gasteiger partial charge on any atom is -0.345 e. The van der Waals surface area contributed by atoms with Crippen LogP contribution in [0.25, 0.3) is 0 Å². The van der Waals surface area contributed by atoms with E-state index in [1.165, 1.54) is 0 Å². The maximum Gasteiger partial charge on any atom is 0.126 e. The van der Waals surface area contributed by atoms with Crippen LogP contribution in [-0.2, 0) is 11.8 Å². The summed E-state index contributed by atoms with van der Waals surface area (Å²) in [5.74, 6) is 0.779. The largest absolute Gasteiger partial charge is 0.345 e. The number of H-pyrrole nitrogens is 1. The highest BCUT2D eigenvalue weighted by Crippen LogP contribution is 2.20. The molecule has 0 bridgehead atoms. The Morgan fingerprint density at radius 3 is 2.64 bits per heavy atom. The van der Waals surface area contributed by atoms with Crippen molar-refractivity contribution in [2.75, 3.05) is 0 Å². The van der Waals surface area contributed by atoms with E-state index in [1.807, 2.05) is 20.8 Å². The lowest BCUT2D eigenvalue weighted by Gasteiger charge is -2.10. The monoisotopic (exact) mass is 191 g/mol. The molecule has 0 spiro atoms. The van der Waals surface area contributed by atoms with Crippen LogP contribution < -0.4 is 0 Å². The molecule has 0 aliphatic rings. The fraction of sp³-hybridized carbons (Fsp3) is 0.636. The fourth-order valence-electron chi connectivity index (χ4n) is 1.33. The SMILES string of the molecule is CCCc1nc(C(C)(C)C#N)[nH]c1C. The van der Waals surface area contributed by atoms with Gasteiger partial charge in [-0.25, -0.2) is 4.98 Å². The molecular weight excluding hydrogens is 174 g/mol. The predicted molar refractivity (Wildman–Crippen MR) is 56.0 cm³/mol. The van der Waals surface area contributed by atoms with E-state index in [2.05, 4.69) is 23.0 Å². The first-order valence-electron chi connectivity index (χ1n) is 4.98. The molecule has 1 aromatic heterocycles. The summed E-state index contributed by atoms with van der Waals surface area (Å²) < 4.78 is 0. The first-order chi connectivity index (χ1) is 6.51. The Bertz CT molecular complexity index is 355. The Morgan fingerprint density at radius 2 is 2.14 bits per heavy atom. The van der Waals surface area contributed by atoms with E-state index in [0.29, 0.717) is 0 Å². The molecule has 0 unspecified atom stereocenters. The molecule has 0 radical (unpaired) electrons. The second-order valence-electron chi connectivity index (χ2n) is 4.14. The highest BCUT2D eigenvalue weighted by atomic mass is 14.9. The molecule has 1 heterocycles. The highest BCUT2D eigenvalue weighted by Gasteiger charge is 2.24. The predicted octanol–water partition coefficient (Wildman–Crippen LogP) is 2.47. The summed E-state index contributed by atoms with van der Waals surface area (Å²) in [6, 6.07) is 2.25. The third-order valence-corrected chi connectivity index (χ3v) is 2.34. The number of nitriles is 1. The van der Waals surface area contributed by atoms with Gasteiger partial charge in [0.15, 0.2) is 0 Å². The minimum atomic E-state index is -0.517. The van der Waals surface area contributed by atoms with E-state index in [1.54, 1.807) is 0 Å². The normalized spacial score (nSPS) is 11.4. The Morgan fingerprint density at radius 1 is 1.50 bits per heavy atom. The molecule has 14 heavy (non-hydrogen) atoms. The molecule has 0 amide bonds. The number of hydrogen-bond acceptors (Lipinski definition) is 2. The van der Waals surface area contributed by atoms with Gasteiger partial charge in [-0.15, -0.1) is 0 Å². The first-order valence-corrected chi connectivity index (χ1v) is 4.98. The van der Waals surface area contributed by atoms with E-state index in [-0.39, 0.29) is 0 Å². The number of nitrogens with zero attached hydrogens (tertiary/aromatic N) is 2. The number of hydrogen-bond donors (Lipinski definition) is 1. The van der Waals surface area contributed by atoms with Crippen LogP contribution in [0.4, 0.5) is 0 Å².